The Kier molecular flexibility index (Phi) is 3.76. The van der Waals surface area contributed by atoms with E-state index in [1.807, 2.05) is 12.1 Å². The lowest BCUT2D eigenvalue weighted by Crippen LogP contribution is -1.72. The van der Waals surface area contributed by atoms with E-state index in [0.717, 1.165) is 12.2 Å². The zero-order valence-corrected chi connectivity index (χ0v) is 7.17. The Morgan fingerprint density at radius 2 is 2.09 bits per heavy atom. The molecule has 2 heteroatoms. The first-order valence-corrected chi connectivity index (χ1v) is 4.24. The van der Waals surface area contributed by atoms with Gasteiger partial charge in [-0.05, 0) is 29.9 Å². The Morgan fingerprint density at radius 3 is 2.73 bits per heavy atom. The summed E-state index contributed by atoms with van der Waals surface area (Å²) >= 11 is 4.10. The first-order chi connectivity index (χ1) is 5.43. The fourth-order valence-electron chi connectivity index (χ4n) is 0.769. The number of rotatable bonds is 3. The summed E-state index contributed by atoms with van der Waals surface area (Å²) in [6, 6.07) is 3.96. The molecule has 1 aromatic rings. The van der Waals surface area contributed by atoms with Gasteiger partial charge in [-0.15, -0.1) is 0 Å². The molecular weight excluding hydrogens is 154 g/mol. The molecule has 0 aliphatic rings. The van der Waals surface area contributed by atoms with Gasteiger partial charge in [0.05, 0.1) is 0 Å². The van der Waals surface area contributed by atoms with Crippen LogP contribution in [0, 0.1) is 0 Å². The van der Waals surface area contributed by atoms with Crippen molar-refractivity contribution in [1.29, 1.82) is 0 Å². The maximum Gasteiger partial charge on any atom is 0.0273 e. The largest absolute Gasteiger partial charge is 0.265 e. The van der Waals surface area contributed by atoms with Crippen molar-refractivity contribution in [2.75, 3.05) is 5.75 Å². The third-order valence-corrected chi connectivity index (χ3v) is 1.57. The van der Waals surface area contributed by atoms with Gasteiger partial charge in [0.1, 0.15) is 0 Å². The molecular formula is C9H11NS. The van der Waals surface area contributed by atoms with Crippen molar-refractivity contribution in [3.8, 4) is 0 Å². The van der Waals surface area contributed by atoms with Gasteiger partial charge in [0.15, 0.2) is 0 Å². The number of allylic oxidation sites excluding steroid dienone is 1. The minimum Gasteiger partial charge on any atom is -0.265 e. The molecule has 0 N–H and O–H groups in total. The Morgan fingerprint density at radius 1 is 1.36 bits per heavy atom. The molecule has 0 amide bonds. The highest BCUT2D eigenvalue weighted by Gasteiger charge is 1.81. The minimum absolute atomic E-state index is 0.904. The molecule has 0 radical (unpaired) electrons. The van der Waals surface area contributed by atoms with Gasteiger partial charge in [0.25, 0.3) is 0 Å². The van der Waals surface area contributed by atoms with Gasteiger partial charge in [-0.3, -0.25) is 4.98 Å². The summed E-state index contributed by atoms with van der Waals surface area (Å²) in [6.07, 6.45) is 8.80. The van der Waals surface area contributed by atoms with Crippen LogP contribution >= 0.6 is 12.6 Å². The highest BCUT2D eigenvalue weighted by molar-refractivity contribution is 7.80. The van der Waals surface area contributed by atoms with Crippen LogP contribution in [0.2, 0.25) is 0 Å². The van der Waals surface area contributed by atoms with E-state index in [4.69, 9.17) is 0 Å². The zero-order chi connectivity index (χ0) is 7.94. The molecule has 1 heterocycles. The average Bonchev–Trinajstić information content (AvgIpc) is 2.07. The molecule has 0 spiro atoms. The van der Waals surface area contributed by atoms with Crippen LogP contribution in [0.1, 0.15) is 12.0 Å². The van der Waals surface area contributed by atoms with E-state index in [-0.39, 0.29) is 0 Å². The molecule has 58 valence electrons. The van der Waals surface area contributed by atoms with Crippen LogP contribution in [-0.4, -0.2) is 10.7 Å². The van der Waals surface area contributed by atoms with Crippen molar-refractivity contribution >= 4 is 18.7 Å². The molecule has 0 aromatic carbocycles. The molecule has 0 aliphatic heterocycles. The second kappa shape index (κ2) is 4.97. The lowest BCUT2D eigenvalue weighted by atomic mass is 10.2. The monoisotopic (exact) mass is 165 g/mol. The SMILES string of the molecule is SCCC=Cc1ccncc1. The van der Waals surface area contributed by atoms with Crippen LogP contribution in [0.5, 0.6) is 0 Å². The van der Waals surface area contributed by atoms with Crippen LogP contribution in [0.25, 0.3) is 6.08 Å². The van der Waals surface area contributed by atoms with Gasteiger partial charge >= 0.3 is 0 Å². The molecule has 11 heavy (non-hydrogen) atoms. The summed E-state index contributed by atoms with van der Waals surface area (Å²) in [7, 11) is 0. The van der Waals surface area contributed by atoms with Gasteiger partial charge in [-0.2, -0.15) is 12.6 Å². The quantitative estimate of drug-likeness (QED) is 0.679. The molecule has 1 rings (SSSR count). The summed E-state index contributed by atoms with van der Waals surface area (Å²) in [5.41, 5.74) is 1.20. The molecule has 0 aliphatic carbocycles. The number of hydrogen-bond donors (Lipinski definition) is 1. The third kappa shape index (κ3) is 3.23. The first kappa shape index (κ1) is 8.34. The van der Waals surface area contributed by atoms with Gasteiger partial charge < -0.3 is 0 Å². The smallest absolute Gasteiger partial charge is 0.0273 e. The molecule has 0 saturated carbocycles. The second-order valence-electron chi connectivity index (χ2n) is 2.20. The van der Waals surface area contributed by atoms with E-state index < -0.39 is 0 Å². The molecule has 0 fully saturated rings. The van der Waals surface area contributed by atoms with E-state index in [0.29, 0.717) is 0 Å². The van der Waals surface area contributed by atoms with Gasteiger partial charge in [-0.1, -0.05) is 12.2 Å². The molecule has 0 saturated heterocycles. The standard InChI is InChI=1S/C9H11NS/c11-8-2-1-3-9-4-6-10-7-5-9/h1,3-7,11H,2,8H2. The highest BCUT2D eigenvalue weighted by Crippen LogP contribution is 2.00. The predicted molar refractivity (Wildman–Crippen MR) is 51.7 cm³/mol. The van der Waals surface area contributed by atoms with E-state index in [9.17, 15) is 0 Å². The lowest BCUT2D eigenvalue weighted by Gasteiger charge is -1.89. The lowest BCUT2D eigenvalue weighted by molar-refractivity contribution is 1.26. The second-order valence-corrected chi connectivity index (χ2v) is 2.64. The minimum atomic E-state index is 0.904. The topological polar surface area (TPSA) is 12.9 Å². The molecule has 0 unspecified atom stereocenters. The fourth-order valence-corrected chi connectivity index (χ4v) is 0.918. The van der Waals surface area contributed by atoms with Crippen molar-refractivity contribution < 1.29 is 0 Å². The van der Waals surface area contributed by atoms with E-state index in [1.165, 1.54) is 5.56 Å². The maximum absolute atomic E-state index is 4.10. The van der Waals surface area contributed by atoms with Crippen LogP contribution in [0.15, 0.2) is 30.6 Å². The maximum atomic E-state index is 4.10. The van der Waals surface area contributed by atoms with E-state index in [1.54, 1.807) is 12.4 Å². The summed E-state index contributed by atoms with van der Waals surface area (Å²) in [5, 5.41) is 0. The number of hydrogen-bond acceptors (Lipinski definition) is 2. The Balaban J connectivity index is 2.50. The van der Waals surface area contributed by atoms with Crippen LogP contribution in [-0.2, 0) is 0 Å². The molecule has 0 bridgehead atoms. The van der Waals surface area contributed by atoms with Crippen molar-refractivity contribution in [2.45, 2.75) is 6.42 Å². The molecule has 0 atom stereocenters. The summed E-state index contributed by atoms with van der Waals surface area (Å²) < 4.78 is 0. The average molecular weight is 165 g/mol. The van der Waals surface area contributed by atoms with E-state index in [2.05, 4.69) is 29.8 Å². The normalized spacial score (nSPS) is 10.6. The fraction of sp³-hybridized carbons (Fsp3) is 0.222. The van der Waals surface area contributed by atoms with Gasteiger partial charge in [-0.25, -0.2) is 0 Å². The summed E-state index contributed by atoms with van der Waals surface area (Å²) in [5.74, 6) is 0.904. The highest BCUT2D eigenvalue weighted by atomic mass is 32.1. The predicted octanol–water partition coefficient (Wildman–Crippen LogP) is 2.41. The van der Waals surface area contributed by atoms with E-state index >= 15 is 0 Å². The van der Waals surface area contributed by atoms with Crippen LogP contribution in [0.3, 0.4) is 0 Å². The summed E-state index contributed by atoms with van der Waals surface area (Å²) in [6.45, 7) is 0. The Labute approximate surface area is 72.6 Å². The van der Waals surface area contributed by atoms with Crippen LogP contribution < -0.4 is 0 Å². The third-order valence-electron chi connectivity index (χ3n) is 1.31. The van der Waals surface area contributed by atoms with Crippen molar-refractivity contribution in [3.05, 3.63) is 36.2 Å². The van der Waals surface area contributed by atoms with Crippen LogP contribution in [0.4, 0.5) is 0 Å². The number of thiol groups is 1. The van der Waals surface area contributed by atoms with Gasteiger partial charge in [0.2, 0.25) is 0 Å². The molecule has 1 nitrogen and oxygen atoms in total. The Bertz CT molecular complexity index is 218. The number of pyridine rings is 1. The van der Waals surface area contributed by atoms with Crippen molar-refractivity contribution in [2.24, 2.45) is 0 Å². The zero-order valence-electron chi connectivity index (χ0n) is 6.27. The molecule has 1 aromatic heterocycles. The van der Waals surface area contributed by atoms with Crippen molar-refractivity contribution in [3.63, 3.8) is 0 Å². The Hall–Kier alpha value is -0.760. The number of nitrogens with zero attached hydrogens (tertiary/aromatic N) is 1. The first-order valence-electron chi connectivity index (χ1n) is 3.61. The van der Waals surface area contributed by atoms with Crippen molar-refractivity contribution in [1.82, 2.24) is 4.98 Å². The van der Waals surface area contributed by atoms with Gasteiger partial charge in [0, 0.05) is 12.4 Å². The number of aromatic nitrogens is 1. The summed E-state index contributed by atoms with van der Waals surface area (Å²) in [4.78, 5) is 3.92.